The van der Waals surface area contributed by atoms with Crippen LogP contribution in [0.1, 0.15) is 11.8 Å². The standard InChI is InChI=1S/C12H12FN5O4/c13-5-1-6(18-7(5)11(15)16-4-17-18)9-8(20)10(21)12(2-14,3-19)22-9/h1,4,8-10,19-21H,3H2,(H2,15,16,17)/t8-,9-,10-,12+/m0/s1. The zero-order valence-electron chi connectivity index (χ0n) is 11.1. The van der Waals surface area contributed by atoms with Gasteiger partial charge in [-0.1, -0.05) is 0 Å². The van der Waals surface area contributed by atoms with Crippen LogP contribution in [0.4, 0.5) is 10.2 Å². The summed E-state index contributed by atoms with van der Waals surface area (Å²) in [6.45, 7) is -0.832. The van der Waals surface area contributed by atoms with Gasteiger partial charge >= 0.3 is 0 Å². The molecule has 0 amide bonds. The van der Waals surface area contributed by atoms with Crippen LogP contribution in [0.25, 0.3) is 5.52 Å². The van der Waals surface area contributed by atoms with Crippen LogP contribution >= 0.6 is 0 Å². The Hall–Kier alpha value is -2.32. The van der Waals surface area contributed by atoms with Crippen molar-refractivity contribution in [2.45, 2.75) is 23.9 Å². The molecule has 1 saturated heterocycles. The molecule has 1 fully saturated rings. The van der Waals surface area contributed by atoms with Gasteiger partial charge in [0, 0.05) is 6.07 Å². The Bertz CT molecular complexity index is 775. The van der Waals surface area contributed by atoms with Gasteiger partial charge in [0.1, 0.15) is 36.2 Å². The largest absolute Gasteiger partial charge is 0.392 e. The number of hydrogen-bond acceptors (Lipinski definition) is 8. The number of nitrogens with two attached hydrogens (primary N) is 1. The Kier molecular flexibility index (Phi) is 3.22. The van der Waals surface area contributed by atoms with E-state index in [2.05, 4.69) is 10.1 Å². The van der Waals surface area contributed by atoms with E-state index < -0.39 is 36.3 Å². The number of fused-ring (bicyclic) bond motifs is 1. The van der Waals surface area contributed by atoms with Crippen molar-refractivity contribution < 1.29 is 24.4 Å². The highest BCUT2D eigenvalue weighted by Crippen LogP contribution is 2.40. The molecule has 9 nitrogen and oxygen atoms in total. The van der Waals surface area contributed by atoms with Gasteiger partial charge in [0.15, 0.2) is 11.6 Å². The third-order valence-electron chi connectivity index (χ3n) is 3.73. The number of aliphatic hydroxyl groups excluding tert-OH is 3. The fraction of sp³-hybridized carbons (Fsp3) is 0.417. The molecule has 0 unspecified atom stereocenters. The molecule has 3 rings (SSSR count). The maximum Gasteiger partial charge on any atom is 0.206 e. The SMILES string of the molecule is N#C[C@]1(CO)O[C@@H](c2cc(F)c3c(N)ncnn23)[C@H](O)[C@@H]1O. The number of aliphatic hydroxyl groups is 3. The second-order valence-electron chi connectivity index (χ2n) is 4.96. The van der Waals surface area contributed by atoms with Crippen LogP contribution < -0.4 is 5.73 Å². The lowest BCUT2D eigenvalue weighted by atomic mass is 9.96. The van der Waals surface area contributed by atoms with E-state index in [1.54, 1.807) is 6.07 Å². The quantitative estimate of drug-likeness (QED) is 0.523. The number of ether oxygens (including phenoxy) is 1. The molecule has 0 aliphatic carbocycles. The average molecular weight is 309 g/mol. The first-order valence-electron chi connectivity index (χ1n) is 6.29. The number of rotatable bonds is 2. The second kappa shape index (κ2) is 4.85. The third-order valence-corrected chi connectivity index (χ3v) is 3.73. The highest BCUT2D eigenvalue weighted by molar-refractivity contribution is 5.66. The van der Waals surface area contributed by atoms with Crippen LogP contribution in [0.3, 0.4) is 0 Å². The molecule has 0 radical (unpaired) electrons. The van der Waals surface area contributed by atoms with Crippen molar-refractivity contribution in [3.8, 4) is 6.07 Å². The molecule has 22 heavy (non-hydrogen) atoms. The molecular weight excluding hydrogens is 297 g/mol. The van der Waals surface area contributed by atoms with Crippen molar-refractivity contribution in [2.24, 2.45) is 0 Å². The van der Waals surface area contributed by atoms with Gasteiger partial charge in [0.2, 0.25) is 5.60 Å². The maximum atomic E-state index is 14.0. The van der Waals surface area contributed by atoms with Gasteiger partial charge in [-0.2, -0.15) is 10.4 Å². The number of nitriles is 1. The van der Waals surface area contributed by atoms with Crippen LogP contribution in [-0.2, 0) is 4.74 Å². The lowest BCUT2D eigenvalue weighted by molar-refractivity contribution is -0.0746. The third kappa shape index (κ3) is 1.77. The van der Waals surface area contributed by atoms with Gasteiger partial charge in [-0.15, -0.1) is 0 Å². The van der Waals surface area contributed by atoms with E-state index in [4.69, 9.17) is 15.7 Å². The Balaban J connectivity index is 2.14. The zero-order valence-corrected chi connectivity index (χ0v) is 11.1. The van der Waals surface area contributed by atoms with Crippen molar-refractivity contribution in [2.75, 3.05) is 12.3 Å². The van der Waals surface area contributed by atoms with E-state index >= 15 is 0 Å². The minimum absolute atomic E-state index is 0.0405. The number of nitrogen functional groups attached to an aromatic ring is 1. The van der Waals surface area contributed by atoms with Crippen molar-refractivity contribution in [1.82, 2.24) is 14.6 Å². The minimum atomic E-state index is -2.00. The van der Waals surface area contributed by atoms with Crippen molar-refractivity contribution in [3.05, 3.63) is 23.9 Å². The molecule has 116 valence electrons. The molecule has 0 aromatic carbocycles. The normalized spacial score (nSPS) is 31.5. The summed E-state index contributed by atoms with van der Waals surface area (Å²) in [5.74, 6) is -0.850. The number of aromatic nitrogens is 3. The number of anilines is 1. The Morgan fingerprint density at radius 3 is 2.86 bits per heavy atom. The molecule has 10 heteroatoms. The van der Waals surface area contributed by atoms with Crippen LogP contribution in [0.15, 0.2) is 12.4 Å². The number of hydrogen-bond donors (Lipinski definition) is 4. The monoisotopic (exact) mass is 309 g/mol. The maximum absolute atomic E-state index is 14.0. The predicted octanol–water partition coefficient (Wildman–Crippen LogP) is -1.50. The Morgan fingerprint density at radius 2 is 2.27 bits per heavy atom. The van der Waals surface area contributed by atoms with E-state index in [1.165, 1.54) is 0 Å². The van der Waals surface area contributed by atoms with Gasteiger partial charge in [-0.25, -0.2) is 13.9 Å². The molecular formula is C12H12FN5O4. The molecule has 3 heterocycles. The van der Waals surface area contributed by atoms with E-state index in [9.17, 15) is 19.7 Å². The Morgan fingerprint density at radius 1 is 1.55 bits per heavy atom. The van der Waals surface area contributed by atoms with E-state index in [1.807, 2.05) is 0 Å². The number of halogens is 1. The lowest BCUT2D eigenvalue weighted by Gasteiger charge is -2.21. The van der Waals surface area contributed by atoms with E-state index in [0.29, 0.717) is 0 Å². The predicted molar refractivity (Wildman–Crippen MR) is 68.6 cm³/mol. The van der Waals surface area contributed by atoms with Crippen molar-refractivity contribution in [3.63, 3.8) is 0 Å². The number of nitrogens with zero attached hydrogens (tertiary/aromatic N) is 4. The summed E-state index contributed by atoms with van der Waals surface area (Å²) in [7, 11) is 0. The van der Waals surface area contributed by atoms with Crippen LogP contribution in [0.5, 0.6) is 0 Å². The summed E-state index contributed by atoms with van der Waals surface area (Å²) in [6.07, 6.45) is -3.40. The molecule has 2 aromatic heterocycles. The highest BCUT2D eigenvalue weighted by Gasteiger charge is 2.56. The minimum Gasteiger partial charge on any atom is -0.392 e. The van der Waals surface area contributed by atoms with E-state index in [0.717, 1.165) is 16.9 Å². The molecule has 0 spiro atoms. The first-order chi connectivity index (χ1) is 10.4. The molecule has 0 saturated carbocycles. The fourth-order valence-electron chi connectivity index (χ4n) is 2.55. The summed E-state index contributed by atoms with van der Waals surface area (Å²) >= 11 is 0. The van der Waals surface area contributed by atoms with Crippen LogP contribution in [0.2, 0.25) is 0 Å². The fourth-order valence-corrected chi connectivity index (χ4v) is 2.55. The summed E-state index contributed by atoms with van der Waals surface area (Å²) in [5, 5.41) is 42.3. The molecule has 4 atom stereocenters. The van der Waals surface area contributed by atoms with Crippen molar-refractivity contribution in [1.29, 1.82) is 5.26 Å². The van der Waals surface area contributed by atoms with E-state index in [-0.39, 0.29) is 17.0 Å². The summed E-state index contributed by atoms with van der Waals surface area (Å²) in [5.41, 5.74) is 3.51. The average Bonchev–Trinajstić information content (AvgIpc) is 2.98. The Labute approximate surface area is 123 Å². The molecule has 1 aliphatic rings. The van der Waals surface area contributed by atoms with Crippen LogP contribution in [-0.4, -0.2) is 54.3 Å². The van der Waals surface area contributed by atoms with Gasteiger partial charge in [-0.3, -0.25) is 0 Å². The molecule has 5 N–H and O–H groups in total. The molecule has 0 bridgehead atoms. The molecule has 2 aromatic rings. The summed E-state index contributed by atoms with van der Waals surface area (Å²) < 4.78 is 20.4. The van der Waals surface area contributed by atoms with Gasteiger partial charge in [0.05, 0.1) is 12.3 Å². The van der Waals surface area contributed by atoms with Crippen LogP contribution in [0, 0.1) is 17.1 Å². The van der Waals surface area contributed by atoms with Gasteiger partial charge in [-0.05, 0) is 0 Å². The molecule has 1 aliphatic heterocycles. The zero-order chi connectivity index (χ0) is 16.1. The highest BCUT2D eigenvalue weighted by atomic mass is 19.1. The topological polar surface area (TPSA) is 150 Å². The summed E-state index contributed by atoms with van der Waals surface area (Å²) in [6, 6.07) is 2.65. The second-order valence-corrected chi connectivity index (χ2v) is 4.96. The first-order valence-corrected chi connectivity index (χ1v) is 6.29. The summed E-state index contributed by atoms with van der Waals surface area (Å²) in [4.78, 5) is 3.66. The first kappa shape index (κ1) is 14.6. The lowest BCUT2D eigenvalue weighted by Crippen LogP contribution is -2.44. The van der Waals surface area contributed by atoms with Gasteiger partial charge in [0.25, 0.3) is 0 Å². The van der Waals surface area contributed by atoms with Crippen molar-refractivity contribution >= 4 is 11.3 Å². The smallest absolute Gasteiger partial charge is 0.206 e. The van der Waals surface area contributed by atoms with Gasteiger partial charge < -0.3 is 25.8 Å².